The van der Waals surface area contributed by atoms with Gasteiger partial charge in [0.05, 0.1) is 5.52 Å². The number of fused-ring (bicyclic) bond motifs is 1. The Morgan fingerprint density at radius 2 is 1.80 bits per heavy atom. The number of benzene rings is 1. The normalized spacial score (nSPS) is 16.3. The third-order valence-electron chi connectivity index (χ3n) is 5.63. The highest BCUT2D eigenvalue weighted by Crippen LogP contribution is 2.31. The van der Waals surface area contributed by atoms with Gasteiger partial charge in [0.25, 0.3) is 0 Å². The second-order valence-electron chi connectivity index (χ2n) is 7.76. The number of alkyl halides is 3. The number of rotatable bonds is 5. The summed E-state index contributed by atoms with van der Waals surface area (Å²) in [6, 6.07) is 12.2. The lowest BCUT2D eigenvalue weighted by atomic mass is 10.1. The quantitative estimate of drug-likeness (QED) is 0.629. The number of nitrogens with zero attached hydrogens (tertiary/aromatic N) is 3. The number of likely N-dealkylation sites (tertiary alicyclic amines) is 1. The number of halogens is 3. The van der Waals surface area contributed by atoms with Crippen molar-refractivity contribution in [3.63, 3.8) is 0 Å². The van der Waals surface area contributed by atoms with Crippen LogP contribution in [0.25, 0.3) is 10.9 Å². The summed E-state index contributed by atoms with van der Waals surface area (Å²) in [6.45, 7) is 1.35. The predicted molar refractivity (Wildman–Crippen MR) is 109 cm³/mol. The molecule has 4 rings (SSSR count). The summed E-state index contributed by atoms with van der Waals surface area (Å²) in [5.74, 6) is 0.623. The van der Waals surface area contributed by atoms with E-state index in [9.17, 15) is 18.0 Å². The average molecular weight is 419 g/mol. The molecule has 0 aliphatic carbocycles. The van der Waals surface area contributed by atoms with E-state index in [2.05, 4.69) is 4.90 Å². The van der Waals surface area contributed by atoms with Crippen molar-refractivity contribution in [2.75, 3.05) is 13.1 Å². The van der Waals surface area contributed by atoms with Gasteiger partial charge >= 0.3 is 6.18 Å². The summed E-state index contributed by atoms with van der Waals surface area (Å²) in [5, 5.41) is 0.698. The van der Waals surface area contributed by atoms with Gasteiger partial charge in [-0.1, -0.05) is 12.1 Å². The summed E-state index contributed by atoms with van der Waals surface area (Å²) in [7, 11) is 1.78. The second kappa shape index (κ2) is 8.18. The summed E-state index contributed by atoms with van der Waals surface area (Å²) in [6.07, 6.45) is -1.16. The molecule has 1 fully saturated rings. The van der Waals surface area contributed by atoms with E-state index in [0.717, 1.165) is 31.6 Å². The fraction of sp³-hybridized carbons (Fsp3) is 0.409. The van der Waals surface area contributed by atoms with Crippen LogP contribution in [-0.2, 0) is 20.1 Å². The van der Waals surface area contributed by atoms with E-state index in [4.69, 9.17) is 4.74 Å². The number of pyridine rings is 1. The Labute approximate surface area is 172 Å². The van der Waals surface area contributed by atoms with Crippen LogP contribution < -0.4 is 10.3 Å². The maximum atomic E-state index is 12.8. The molecule has 1 aliphatic heterocycles. The monoisotopic (exact) mass is 419 g/mol. The van der Waals surface area contributed by atoms with Gasteiger partial charge in [0, 0.05) is 50.0 Å². The van der Waals surface area contributed by atoms with E-state index in [1.54, 1.807) is 41.9 Å². The van der Waals surface area contributed by atoms with Gasteiger partial charge in [-0.15, -0.1) is 0 Å². The van der Waals surface area contributed by atoms with Crippen LogP contribution in [0.4, 0.5) is 13.2 Å². The van der Waals surface area contributed by atoms with Crippen molar-refractivity contribution >= 4 is 10.9 Å². The second-order valence-corrected chi connectivity index (χ2v) is 7.76. The van der Waals surface area contributed by atoms with E-state index >= 15 is 0 Å². The molecule has 1 saturated heterocycles. The molecule has 0 spiro atoms. The maximum Gasteiger partial charge on any atom is 0.406 e. The van der Waals surface area contributed by atoms with Gasteiger partial charge in [-0.2, -0.15) is 13.2 Å². The molecule has 0 amide bonds. The molecule has 0 unspecified atom stereocenters. The number of hydrogen-bond donors (Lipinski definition) is 0. The molecule has 0 saturated carbocycles. The fourth-order valence-corrected chi connectivity index (χ4v) is 3.99. The largest absolute Gasteiger partial charge is 0.490 e. The van der Waals surface area contributed by atoms with Crippen LogP contribution in [0, 0.1) is 0 Å². The average Bonchev–Trinajstić information content (AvgIpc) is 3.09. The Balaban J connectivity index is 1.40. The van der Waals surface area contributed by atoms with Crippen molar-refractivity contribution in [1.82, 2.24) is 14.0 Å². The van der Waals surface area contributed by atoms with Crippen molar-refractivity contribution in [2.45, 2.75) is 38.2 Å². The first-order chi connectivity index (χ1) is 14.3. The molecule has 0 radical (unpaired) electrons. The molecule has 5 nitrogen and oxygen atoms in total. The van der Waals surface area contributed by atoms with Crippen molar-refractivity contribution in [2.24, 2.45) is 7.05 Å². The Bertz CT molecular complexity index is 1080. The lowest BCUT2D eigenvalue weighted by molar-refractivity contribution is -0.139. The minimum absolute atomic E-state index is 0.0115. The molecule has 8 heteroatoms. The van der Waals surface area contributed by atoms with E-state index in [1.165, 1.54) is 10.8 Å². The van der Waals surface area contributed by atoms with Crippen LogP contribution in [0.5, 0.6) is 5.75 Å². The number of ether oxygens (including phenoxy) is 1. The lowest BCUT2D eigenvalue weighted by Crippen LogP contribution is -2.38. The SMILES string of the molecule is Cn1c(CN2CCC(Oc3cccc4c3ccn4CC(F)(F)F)CC2)cccc1=O. The van der Waals surface area contributed by atoms with Crippen molar-refractivity contribution in [1.29, 1.82) is 0 Å². The van der Waals surface area contributed by atoms with Crippen molar-refractivity contribution < 1.29 is 17.9 Å². The summed E-state index contributed by atoms with van der Waals surface area (Å²) >= 11 is 0. The Kier molecular flexibility index (Phi) is 5.60. The minimum atomic E-state index is -4.27. The molecule has 160 valence electrons. The van der Waals surface area contributed by atoms with Gasteiger partial charge in [-0.3, -0.25) is 9.69 Å². The topological polar surface area (TPSA) is 39.4 Å². The van der Waals surface area contributed by atoms with Gasteiger partial charge in [0.1, 0.15) is 18.4 Å². The van der Waals surface area contributed by atoms with E-state index in [-0.39, 0.29) is 11.7 Å². The van der Waals surface area contributed by atoms with Crippen LogP contribution in [0.15, 0.2) is 53.5 Å². The molecule has 0 N–H and O–H groups in total. The smallest absolute Gasteiger partial charge is 0.406 e. The zero-order valence-electron chi connectivity index (χ0n) is 16.7. The first-order valence-electron chi connectivity index (χ1n) is 9.99. The number of piperidine rings is 1. The first-order valence-corrected chi connectivity index (χ1v) is 9.99. The van der Waals surface area contributed by atoms with Crippen LogP contribution in [0.2, 0.25) is 0 Å². The summed E-state index contributed by atoms with van der Waals surface area (Å²) in [5.41, 5.74) is 1.47. The molecule has 1 aromatic carbocycles. The van der Waals surface area contributed by atoms with E-state index < -0.39 is 12.7 Å². The predicted octanol–water partition coefficient (Wildman–Crippen LogP) is 3.95. The van der Waals surface area contributed by atoms with Gasteiger partial charge in [0.15, 0.2) is 0 Å². The molecule has 3 heterocycles. The lowest BCUT2D eigenvalue weighted by Gasteiger charge is -2.32. The highest BCUT2D eigenvalue weighted by molar-refractivity contribution is 5.86. The van der Waals surface area contributed by atoms with Crippen LogP contribution in [0.1, 0.15) is 18.5 Å². The summed E-state index contributed by atoms with van der Waals surface area (Å²) < 4.78 is 47.4. The Morgan fingerprint density at radius 3 is 2.53 bits per heavy atom. The van der Waals surface area contributed by atoms with Gasteiger partial charge in [-0.05, 0) is 37.1 Å². The van der Waals surface area contributed by atoms with Crippen molar-refractivity contribution in [3.05, 3.63) is 64.7 Å². The fourth-order valence-electron chi connectivity index (χ4n) is 3.99. The number of hydrogen-bond acceptors (Lipinski definition) is 3. The van der Waals surface area contributed by atoms with Crippen LogP contribution in [0.3, 0.4) is 0 Å². The molecule has 0 atom stereocenters. The van der Waals surface area contributed by atoms with E-state index in [1.807, 2.05) is 12.1 Å². The molecule has 2 aromatic heterocycles. The van der Waals surface area contributed by atoms with Gasteiger partial charge in [-0.25, -0.2) is 0 Å². The molecular weight excluding hydrogens is 395 g/mol. The van der Waals surface area contributed by atoms with Gasteiger partial charge in [0.2, 0.25) is 5.56 Å². The standard InChI is InChI=1S/C22H24F3N3O2/c1-26-16(4-2-7-21(26)29)14-27-11-8-17(9-12-27)30-20-6-3-5-19-18(20)10-13-28(19)15-22(23,24)25/h2-7,10,13,17H,8-9,11-12,14-15H2,1H3. The highest BCUT2D eigenvalue weighted by Gasteiger charge is 2.28. The van der Waals surface area contributed by atoms with Crippen LogP contribution >= 0.6 is 0 Å². The molecule has 3 aromatic rings. The molecule has 30 heavy (non-hydrogen) atoms. The van der Waals surface area contributed by atoms with Gasteiger partial charge < -0.3 is 13.9 Å². The minimum Gasteiger partial charge on any atom is -0.490 e. The maximum absolute atomic E-state index is 12.8. The first kappa shape index (κ1) is 20.5. The Hall–Kier alpha value is -2.74. The Morgan fingerprint density at radius 1 is 1.07 bits per heavy atom. The number of aromatic nitrogens is 2. The zero-order valence-corrected chi connectivity index (χ0v) is 16.7. The zero-order chi connectivity index (χ0) is 21.3. The van der Waals surface area contributed by atoms with Crippen LogP contribution in [-0.4, -0.2) is 39.4 Å². The highest BCUT2D eigenvalue weighted by atomic mass is 19.4. The summed E-state index contributed by atoms with van der Waals surface area (Å²) in [4.78, 5) is 14.1. The third kappa shape index (κ3) is 4.53. The molecular formula is C22H24F3N3O2. The molecule has 1 aliphatic rings. The third-order valence-corrected chi connectivity index (χ3v) is 5.63. The van der Waals surface area contributed by atoms with Crippen molar-refractivity contribution in [3.8, 4) is 5.75 Å². The van der Waals surface area contributed by atoms with E-state index in [0.29, 0.717) is 23.2 Å². The molecule has 0 bridgehead atoms.